The van der Waals surface area contributed by atoms with Gasteiger partial charge in [-0.05, 0) is 37.7 Å². The number of aryl methyl sites for hydroxylation is 1. The fourth-order valence-electron chi connectivity index (χ4n) is 2.58. The lowest BCUT2D eigenvalue weighted by Crippen LogP contribution is -2.24. The molecule has 0 amide bonds. The quantitative estimate of drug-likeness (QED) is 0.660. The van der Waals surface area contributed by atoms with Crippen LogP contribution >= 0.6 is 0 Å². The third-order valence-corrected chi connectivity index (χ3v) is 4.08. The van der Waals surface area contributed by atoms with E-state index in [2.05, 4.69) is 24.1 Å². The molecule has 1 fully saturated rings. The molecule has 98 valence electrons. The maximum absolute atomic E-state index is 10.7. The van der Waals surface area contributed by atoms with E-state index in [0.29, 0.717) is 17.5 Å². The number of nitro groups is 1. The Morgan fingerprint density at radius 3 is 2.67 bits per heavy atom. The summed E-state index contributed by atoms with van der Waals surface area (Å²) in [7, 11) is 0. The number of anilines is 1. The van der Waals surface area contributed by atoms with Crippen LogP contribution < -0.4 is 5.32 Å². The third-order valence-electron chi connectivity index (χ3n) is 4.08. The number of aromatic nitrogens is 1. The van der Waals surface area contributed by atoms with Gasteiger partial charge in [-0.3, -0.25) is 10.1 Å². The van der Waals surface area contributed by atoms with Gasteiger partial charge in [0.1, 0.15) is 12.0 Å². The normalized spacial score (nSPS) is 27.2. The van der Waals surface area contributed by atoms with Crippen LogP contribution in [0.15, 0.2) is 12.3 Å². The van der Waals surface area contributed by atoms with E-state index in [1.165, 1.54) is 12.6 Å². The highest BCUT2D eigenvalue weighted by atomic mass is 16.6. The molecule has 0 aromatic carbocycles. The molecule has 1 aromatic heterocycles. The highest BCUT2D eigenvalue weighted by molar-refractivity contribution is 5.47. The number of nitrogens with one attached hydrogen (secondary N) is 1. The van der Waals surface area contributed by atoms with Crippen molar-refractivity contribution in [2.24, 2.45) is 11.8 Å². The largest absolute Gasteiger partial charge is 0.367 e. The van der Waals surface area contributed by atoms with Gasteiger partial charge in [0, 0.05) is 11.6 Å². The Bertz CT molecular complexity index is 462. The molecule has 0 saturated heterocycles. The van der Waals surface area contributed by atoms with Crippen LogP contribution in [0.5, 0.6) is 0 Å². The highest BCUT2D eigenvalue weighted by Crippen LogP contribution is 2.33. The zero-order valence-electron chi connectivity index (χ0n) is 11.0. The molecule has 5 nitrogen and oxygen atoms in total. The first-order valence-corrected chi connectivity index (χ1v) is 6.36. The van der Waals surface area contributed by atoms with Crippen molar-refractivity contribution in [1.82, 2.24) is 4.98 Å². The van der Waals surface area contributed by atoms with Crippen molar-refractivity contribution in [2.45, 2.75) is 39.7 Å². The van der Waals surface area contributed by atoms with Crippen LogP contribution in [0.25, 0.3) is 0 Å². The molecule has 5 heteroatoms. The zero-order chi connectivity index (χ0) is 13.3. The molecule has 0 aliphatic heterocycles. The first kappa shape index (κ1) is 12.8. The topological polar surface area (TPSA) is 68.1 Å². The Kier molecular flexibility index (Phi) is 3.50. The van der Waals surface area contributed by atoms with Crippen LogP contribution in [0.4, 0.5) is 11.5 Å². The molecule has 1 N–H and O–H groups in total. The summed E-state index contributed by atoms with van der Waals surface area (Å²) in [6, 6.07) is 2.18. The van der Waals surface area contributed by atoms with Crippen LogP contribution in [-0.2, 0) is 0 Å². The van der Waals surface area contributed by atoms with Gasteiger partial charge in [-0.1, -0.05) is 13.8 Å². The van der Waals surface area contributed by atoms with Gasteiger partial charge in [0.15, 0.2) is 0 Å². The van der Waals surface area contributed by atoms with Gasteiger partial charge in [-0.25, -0.2) is 4.98 Å². The molecule has 18 heavy (non-hydrogen) atoms. The fraction of sp³-hybridized carbons (Fsp3) is 0.615. The van der Waals surface area contributed by atoms with Crippen molar-refractivity contribution < 1.29 is 4.92 Å². The van der Waals surface area contributed by atoms with Crippen molar-refractivity contribution in [1.29, 1.82) is 0 Å². The second kappa shape index (κ2) is 4.92. The zero-order valence-corrected chi connectivity index (χ0v) is 11.0. The molecule has 2 rings (SSSR count). The summed E-state index contributed by atoms with van der Waals surface area (Å²) >= 11 is 0. The maximum atomic E-state index is 10.7. The molecule has 1 heterocycles. The Morgan fingerprint density at radius 2 is 2.17 bits per heavy atom. The lowest BCUT2D eigenvalue weighted by Gasteiger charge is -2.20. The SMILES string of the molecule is Cc1cc(NC2CCC(C)C2C)ncc1[N+](=O)[O-]. The molecule has 0 radical (unpaired) electrons. The molecule has 0 bridgehead atoms. The summed E-state index contributed by atoms with van der Waals surface area (Å²) in [6.45, 7) is 6.25. The van der Waals surface area contributed by atoms with Crippen LogP contribution in [0, 0.1) is 28.9 Å². The van der Waals surface area contributed by atoms with E-state index >= 15 is 0 Å². The molecule has 1 aromatic rings. The minimum atomic E-state index is -0.396. The van der Waals surface area contributed by atoms with Crippen LogP contribution in [0.1, 0.15) is 32.3 Å². The van der Waals surface area contributed by atoms with E-state index in [9.17, 15) is 10.1 Å². The second-order valence-corrected chi connectivity index (χ2v) is 5.28. The minimum absolute atomic E-state index is 0.0772. The Labute approximate surface area is 107 Å². The van der Waals surface area contributed by atoms with Gasteiger partial charge in [-0.15, -0.1) is 0 Å². The first-order valence-electron chi connectivity index (χ1n) is 6.36. The van der Waals surface area contributed by atoms with Crippen molar-refractivity contribution >= 4 is 11.5 Å². The van der Waals surface area contributed by atoms with E-state index in [-0.39, 0.29) is 5.69 Å². The van der Waals surface area contributed by atoms with Crippen molar-refractivity contribution in [3.05, 3.63) is 27.9 Å². The van der Waals surface area contributed by atoms with E-state index in [0.717, 1.165) is 18.2 Å². The molecular weight excluding hydrogens is 230 g/mol. The second-order valence-electron chi connectivity index (χ2n) is 5.28. The van der Waals surface area contributed by atoms with Gasteiger partial charge in [0.25, 0.3) is 5.69 Å². The third kappa shape index (κ3) is 2.44. The van der Waals surface area contributed by atoms with Crippen molar-refractivity contribution in [3.8, 4) is 0 Å². The predicted molar refractivity (Wildman–Crippen MR) is 70.6 cm³/mol. The number of pyridine rings is 1. The molecule has 1 aliphatic carbocycles. The molecule has 3 unspecified atom stereocenters. The number of hydrogen-bond acceptors (Lipinski definition) is 4. The molecule has 3 atom stereocenters. The summed E-state index contributed by atoms with van der Waals surface area (Å²) < 4.78 is 0. The Balaban J connectivity index is 2.11. The highest BCUT2D eigenvalue weighted by Gasteiger charge is 2.29. The summed E-state index contributed by atoms with van der Waals surface area (Å²) in [4.78, 5) is 14.5. The van der Waals surface area contributed by atoms with Crippen LogP contribution in [-0.4, -0.2) is 15.9 Å². The van der Waals surface area contributed by atoms with Gasteiger partial charge >= 0.3 is 0 Å². The Hall–Kier alpha value is -1.65. The summed E-state index contributed by atoms with van der Waals surface area (Å²) in [6.07, 6.45) is 3.70. The minimum Gasteiger partial charge on any atom is -0.367 e. The number of rotatable bonds is 3. The van der Waals surface area contributed by atoms with E-state index in [1.54, 1.807) is 13.0 Å². The smallest absolute Gasteiger partial charge is 0.290 e. The summed E-state index contributed by atoms with van der Waals surface area (Å²) in [5, 5.41) is 14.1. The lowest BCUT2D eigenvalue weighted by molar-refractivity contribution is -0.385. The summed E-state index contributed by atoms with van der Waals surface area (Å²) in [5.41, 5.74) is 0.726. The first-order chi connectivity index (χ1) is 8.49. The molecule has 1 aliphatic rings. The van der Waals surface area contributed by atoms with Crippen LogP contribution in [0.3, 0.4) is 0 Å². The molecular formula is C13H19N3O2. The van der Waals surface area contributed by atoms with Gasteiger partial charge < -0.3 is 5.32 Å². The molecule has 0 spiro atoms. The maximum Gasteiger partial charge on any atom is 0.290 e. The lowest BCUT2D eigenvalue weighted by atomic mass is 9.98. The molecule has 1 saturated carbocycles. The number of nitrogens with zero attached hydrogens (tertiary/aromatic N) is 2. The fourth-order valence-corrected chi connectivity index (χ4v) is 2.58. The van der Waals surface area contributed by atoms with Gasteiger partial charge in [0.05, 0.1) is 4.92 Å². The predicted octanol–water partition coefficient (Wildman–Crippen LogP) is 3.14. The average molecular weight is 249 g/mol. The van der Waals surface area contributed by atoms with E-state index in [1.807, 2.05) is 0 Å². The number of hydrogen-bond donors (Lipinski definition) is 1. The van der Waals surface area contributed by atoms with E-state index < -0.39 is 4.92 Å². The van der Waals surface area contributed by atoms with Gasteiger partial charge in [-0.2, -0.15) is 0 Å². The van der Waals surface area contributed by atoms with Gasteiger partial charge in [0.2, 0.25) is 0 Å². The average Bonchev–Trinajstić information content (AvgIpc) is 2.61. The monoisotopic (exact) mass is 249 g/mol. The van der Waals surface area contributed by atoms with Crippen molar-refractivity contribution in [2.75, 3.05) is 5.32 Å². The summed E-state index contributed by atoms with van der Waals surface area (Å²) in [5.74, 6) is 2.08. The standard InChI is InChI=1S/C13H19N3O2/c1-8-4-5-11(10(8)3)15-13-6-9(2)12(7-14-13)16(17)18/h6-8,10-11H,4-5H2,1-3H3,(H,14,15). The Morgan fingerprint density at radius 1 is 1.44 bits per heavy atom. The van der Waals surface area contributed by atoms with Crippen molar-refractivity contribution in [3.63, 3.8) is 0 Å². The van der Waals surface area contributed by atoms with Crippen LogP contribution in [0.2, 0.25) is 0 Å². The van der Waals surface area contributed by atoms with E-state index in [4.69, 9.17) is 0 Å².